The van der Waals surface area contributed by atoms with Crippen molar-refractivity contribution >= 4 is 35.0 Å². The van der Waals surface area contributed by atoms with Crippen LogP contribution in [0.3, 0.4) is 0 Å². The van der Waals surface area contributed by atoms with E-state index in [9.17, 15) is 19.2 Å². The van der Waals surface area contributed by atoms with Crippen LogP contribution in [-0.4, -0.2) is 28.5 Å². The van der Waals surface area contributed by atoms with Gasteiger partial charge in [-0.2, -0.15) is 0 Å². The molecular weight excluding hydrogens is 406 g/mol. The monoisotopic (exact) mass is 427 g/mol. The van der Waals surface area contributed by atoms with E-state index in [1.807, 2.05) is 0 Å². The zero-order valence-corrected chi connectivity index (χ0v) is 17.4. The third kappa shape index (κ3) is 4.27. The zero-order valence-electron chi connectivity index (χ0n) is 17.4. The van der Waals surface area contributed by atoms with Crippen LogP contribution in [0.25, 0.3) is 0 Å². The molecule has 0 saturated carbocycles. The van der Waals surface area contributed by atoms with Crippen LogP contribution in [0.2, 0.25) is 0 Å². The van der Waals surface area contributed by atoms with Crippen molar-refractivity contribution in [1.82, 2.24) is 4.90 Å². The molecule has 0 atom stereocenters. The van der Waals surface area contributed by atoms with Gasteiger partial charge in [0.15, 0.2) is 0 Å². The fraction of sp³-hybridized carbons (Fsp3) is 0.120. The predicted molar refractivity (Wildman–Crippen MR) is 120 cm³/mol. The number of hydrogen-bond acceptors (Lipinski definition) is 4. The Hall–Kier alpha value is -4.26. The van der Waals surface area contributed by atoms with E-state index in [1.54, 1.807) is 79.7 Å². The lowest BCUT2D eigenvalue weighted by molar-refractivity contribution is -0.115. The van der Waals surface area contributed by atoms with Gasteiger partial charge in [0.05, 0.1) is 17.7 Å². The van der Waals surface area contributed by atoms with Gasteiger partial charge in [-0.15, -0.1) is 0 Å². The van der Waals surface area contributed by atoms with Gasteiger partial charge >= 0.3 is 0 Å². The molecule has 4 rings (SSSR count). The number of amides is 4. The number of carbonyl (C=O) groups is 4. The SMILES string of the molecule is CCC(=O)Nc1ccc(NC(=O)c2cccc(CN3C(=O)c4ccccc4C3=O)c2)cc1. The summed E-state index contributed by atoms with van der Waals surface area (Å²) in [5.41, 5.74) is 3.09. The van der Waals surface area contributed by atoms with E-state index in [0.717, 1.165) is 0 Å². The molecule has 0 bridgehead atoms. The summed E-state index contributed by atoms with van der Waals surface area (Å²) in [6.45, 7) is 1.85. The van der Waals surface area contributed by atoms with E-state index < -0.39 is 0 Å². The van der Waals surface area contributed by atoms with Crippen molar-refractivity contribution in [2.24, 2.45) is 0 Å². The zero-order chi connectivity index (χ0) is 22.7. The van der Waals surface area contributed by atoms with Crippen LogP contribution in [0.15, 0.2) is 72.8 Å². The molecule has 1 aliphatic rings. The van der Waals surface area contributed by atoms with Gasteiger partial charge in [-0.1, -0.05) is 31.2 Å². The second kappa shape index (κ2) is 8.85. The van der Waals surface area contributed by atoms with E-state index >= 15 is 0 Å². The van der Waals surface area contributed by atoms with Gasteiger partial charge in [0.25, 0.3) is 17.7 Å². The largest absolute Gasteiger partial charge is 0.326 e. The number of benzene rings is 3. The first kappa shape index (κ1) is 21.0. The maximum atomic E-state index is 12.7. The van der Waals surface area contributed by atoms with E-state index in [2.05, 4.69) is 10.6 Å². The molecule has 0 saturated heterocycles. The van der Waals surface area contributed by atoms with Crippen molar-refractivity contribution in [3.63, 3.8) is 0 Å². The Bertz CT molecular complexity index is 1180. The molecule has 0 fully saturated rings. The lowest BCUT2D eigenvalue weighted by atomic mass is 10.1. The summed E-state index contributed by atoms with van der Waals surface area (Å²) in [5.74, 6) is -1.08. The van der Waals surface area contributed by atoms with Gasteiger partial charge in [0.1, 0.15) is 0 Å². The molecule has 7 nitrogen and oxygen atoms in total. The minimum absolute atomic E-state index is 0.0826. The number of carbonyl (C=O) groups excluding carboxylic acids is 4. The quantitative estimate of drug-likeness (QED) is 0.580. The fourth-order valence-electron chi connectivity index (χ4n) is 3.47. The average Bonchev–Trinajstić information content (AvgIpc) is 3.05. The number of imide groups is 1. The molecule has 0 aliphatic carbocycles. The highest BCUT2D eigenvalue weighted by atomic mass is 16.2. The molecule has 160 valence electrons. The number of fused-ring (bicyclic) bond motifs is 1. The summed E-state index contributed by atoms with van der Waals surface area (Å²) in [4.78, 5) is 50.5. The van der Waals surface area contributed by atoms with Gasteiger partial charge in [-0.05, 0) is 54.1 Å². The van der Waals surface area contributed by atoms with Crippen LogP contribution in [0.5, 0.6) is 0 Å². The molecule has 3 aromatic carbocycles. The maximum Gasteiger partial charge on any atom is 0.261 e. The molecule has 7 heteroatoms. The van der Waals surface area contributed by atoms with Crippen LogP contribution in [0.1, 0.15) is 50.0 Å². The van der Waals surface area contributed by atoms with Crippen molar-refractivity contribution in [3.8, 4) is 0 Å². The van der Waals surface area contributed by atoms with Crippen molar-refractivity contribution < 1.29 is 19.2 Å². The normalized spacial score (nSPS) is 12.5. The molecular formula is C25H21N3O4. The van der Waals surface area contributed by atoms with Crippen LogP contribution in [0, 0.1) is 0 Å². The third-order valence-electron chi connectivity index (χ3n) is 5.16. The summed E-state index contributed by atoms with van der Waals surface area (Å²) < 4.78 is 0. The molecule has 1 aliphatic heterocycles. The average molecular weight is 427 g/mol. The molecule has 1 heterocycles. The molecule has 0 radical (unpaired) electrons. The van der Waals surface area contributed by atoms with Gasteiger partial charge in [-0.25, -0.2) is 0 Å². The number of nitrogens with zero attached hydrogens (tertiary/aromatic N) is 1. The summed E-state index contributed by atoms with van der Waals surface area (Å²) in [6, 6.07) is 20.4. The van der Waals surface area contributed by atoms with Gasteiger partial charge < -0.3 is 10.6 Å². The van der Waals surface area contributed by atoms with Gasteiger partial charge in [0, 0.05) is 23.4 Å². The summed E-state index contributed by atoms with van der Waals surface area (Å²) in [7, 11) is 0. The minimum atomic E-state index is -0.337. The Balaban J connectivity index is 1.44. The first-order chi connectivity index (χ1) is 15.5. The third-order valence-corrected chi connectivity index (χ3v) is 5.16. The first-order valence-corrected chi connectivity index (χ1v) is 10.2. The maximum absolute atomic E-state index is 12.7. The first-order valence-electron chi connectivity index (χ1n) is 10.2. The van der Waals surface area contributed by atoms with Crippen LogP contribution in [-0.2, 0) is 11.3 Å². The van der Waals surface area contributed by atoms with E-state index in [-0.39, 0.29) is 30.2 Å². The Kier molecular flexibility index (Phi) is 5.81. The highest BCUT2D eigenvalue weighted by Gasteiger charge is 2.34. The molecule has 32 heavy (non-hydrogen) atoms. The molecule has 0 spiro atoms. The second-order valence-corrected chi connectivity index (χ2v) is 7.38. The van der Waals surface area contributed by atoms with Crippen LogP contribution < -0.4 is 10.6 Å². The molecule has 3 aromatic rings. The predicted octanol–water partition coefficient (Wildman–Crippen LogP) is 4.08. The topological polar surface area (TPSA) is 95.6 Å². The fourth-order valence-corrected chi connectivity index (χ4v) is 3.47. The number of rotatable bonds is 6. The number of hydrogen-bond donors (Lipinski definition) is 2. The lowest BCUT2D eigenvalue weighted by Gasteiger charge is -2.14. The minimum Gasteiger partial charge on any atom is -0.326 e. The summed E-state index contributed by atoms with van der Waals surface area (Å²) in [5, 5.41) is 5.55. The van der Waals surface area contributed by atoms with Crippen molar-refractivity contribution in [2.45, 2.75) is 19.9 Å². The van der Waals surface area contributed by atoms with Crippen LogP contribution in [0.4, 0.5) is 11.4 Å². The summed E-state index contributed by atoms with van der Waals surface area (Å²) in [6.07, 6.45) is 0.384. The molecule has 2 N–H and O–H groups in total. The molecule has 0 unspecified atom stereocenters. The van der Waals surface area contributed by atoms with Crippen LogP contribution >= 0.6 is 0 Å². The summed E-state index contributed by atoms with van der Waals surface area (Å²) >= 11 is 0. The van der Waals surface area contributed by atoms with Crippen molar-refractivity contribution in [2.75, 3.05) is 10.6 Å². The Morgan fingerprint density at radius 2 is 1.38 bits per heavy atom. The Morgan fingerprint density at radius 3 is 1.97 bits per heavy atom. The van der Waals surface area contributed by atoms with Gasteiger partial charge in [-0.3, -0.25) is 24.1 Å². The highest BCUT2D eigenvalue weighted by molar-refractivity contribution is 6.21. The number of nitrogens with one attached hydrogen (secondary N) is 2. The molecule has 0 aromatic heterocycles. The Morgan fingerprint density at radius 1 is 0.781 bits per heavy atom. The van der Waals surface area contributed by atoms with E-state index in [4.69, 9.17) is 0 Å². The highest BCUT2D eigenvalue weighted by Crippen LogP contribution is 2.24. The van der Waals surface area contributed by atoms with Gasteiger partial charge in [0.2, 0.25) is 5.91 Å². The number of anilines is 2. The lowest BCUT2D eigenvalue weighted by Crippen LogP contribution is -2.29. The van der Waals surface area contributed by atoms with Crippen molar-refractivity contribution in [3.05, 3.63) is 95.1 Å². The van der Waals surface area contributed by atoms with Crippen molar-refractivity contribution in [1.29, 1.82) is 0 Å². The molecule has 4 amide bonds. The smallest absolute Gasteiger partial charge is 0.261 e. The standard InChI is InChI=1S/C25H21N3O4/c1-2-22(29)26-18-10-12-19(13-11-18)27-23(30)17-7-5-6-16(14-17)15-28-24(31)20-8-3-4-9-21(20)25(28)32/h3-14H,2,15H2,1H3,(H,26,29)(H,27,30). The second-order valence-electron chi connectivity index (χ2n) is 7.38. The van der Waals surface area contributed by atoms with E-state index in [1.165, 1.54) is 4.90 Å². The Labute approximate surface area is 185 Å². The van der Waals surface area contributed by atoms with E-state index in [0.29, 0.717) is 40.0 Å².